The first-order chi connectivity index (χ1) is 7.58. The summed E-state index contributed by atoms with van der Waals surface area (Å²) in [6, 6.07) is 3.81. The van der Waals surface area contributed by atoms with E-state index in [0.717, 1.165) is 12.0 Å². The van der Waals surface area contributed by atoms with Crippen LogP contribution in [0.1, 0.15) is 30.0 Å². The summed E-state index contributed by atoms with van der Waals surface area (Å²) in [5, 5.41) is 3.25. The largest absolute Gasteiger partial charge is 0.300 e. The Bertz CT molecular complexity index is 381. The predicted octanol–water partition coefficient (Wildman–Crippen LogP) is 2.94. The molecule has 0 aromatic heterocycles. The summed E-state index contributed by atoms with van der Waals surface area (Å²) < 4.78 is 13.4. The Morgan fingerprint density at radius 3 is 2.38 bits per heavy atom. The van der Waals surface area contributed by atoms with Gasteiger partial charge in [0.05, 0.1) is 6.04 Å². The molecule has 16 heavy (non-hydrogen) atoms. The van der Waals surface area contributed by atoms with Crippen molar-refractivity contribution in [2.24, 2.45) is 0 Å². The SMILES string of the molecule is C#CC(CC)NCc1cc(C)c(F)c(C)c1. The van der Waals surface area contributed by atoms with E-state index in [1.165, 1.54) is 0 Å². The van der Waals surface area contributed by atoms with Crippen LogP contribution in [0.2, 0.25) is 0 Å². The maximum Gasteiger partial charge on any atom is 0.129 e. The van der Waals surface area contributed by atoms with Crippen molar-refractivity contribution in [3.8, 4) is 12.3 Å². The molecule has 0 fully saturated rings. The monoisotopic (exact) mass is 219 g/mol. The number of hydrogen-bond donors (Lipinski definition) is 1. The van der Waals surface area contributed by atoms with Crippen LogP contribution in [0.25, 0.3) is 0 Å². The van der Waals surface area contributed by atoms with Crippen molar-refractivity contribution in [2.75, 3.05) is 0 Å². The van der Waals surface area contributed by atoms with E-state index in [1.807, 2.05) is 19.1 Å². The van der Waals surface area contributed by atoms with Gasteiger partial charge in [0.1, 0.15) is 5.82 Å². The first-order valence-electron chi connectivity index (χ1n) is 5.53. The van der Waals surface area contributed by atoms with Crippen LogP contribution in [0, 0.1) is 32.0 Å². The summed E-state index contributed by atoms with van der Waals surface area (Å²) >= 11 is 0. The Balaban J connectivity index is 2.72. The molecule has 1 atom stereocenters. The molecule has 0 spiro atoms. The van der Waals surface area contributed by atoms with E-state index in [4.69, 9.17) is 6.42 Å². The number of terminal acetylenes is 1. The summed E-state index contributed by atoms with van der Waals surface area (Å²) in [5.41, 5.74) is 2.45. The molecular formula is C14H18FN. The number of rotatable bonds is 4. The van der Waals surface area contributed by atoms with Crippen LogP contribution >= 0.6 is 0 Å². The van der Waals surface area contributed by atoms with Gasteiger partial charge >= 0.3 is 0 Å². The van der Waals surface area contributed by atoms with Gasteiger partial charge in [-0.2, -0.15) is 0 Å². The van der Waals surface area contributed by atoms with E-state index in [-0.39, 0.29) is 11.9 Å². The van der Waals surface area contributed by atoms with Crippen molar-refractivity contribution in [1.82, 2.24) is 5.32 Å². The highest BCUT2D eigenvalue weighted by atomic mass is 19.1. The van der Waals surface area contributed by atoms with Crippen LogP contribution < -0.4 is 5.32 Å². The molecule has 1 rings (SSSR count). The van der Waals surface area contributed by atoms with Gasteiger partial charge in [-0.1, -0.05) is 25.0 Å². The Labute approximate surface area is 97.1 Å². The van der Waals surface area contributed by atoms with Crippen LogP contribution in [0.3, 0.4) is 0 Å². The Kier molecular flexibility index (Phi) is 4.52. The molecule has 1 aromatic carbocycles. The molecular weight excluding hydrogens is 201 g/mol. The number of hydrogen-bond acceptors (Lipinski definition) is 1. The maximum absolute atomic E-state index is 13.4. The Hall–Kier alpha value is -1.33. The van der Waals surface area contributed by atoms with Crippen molar-refractivity contribution >= 4 is 0 Å². The summed E-state index contributed by atoms with van der Waals surface area (Å²) in [4.78, 5) is 0. The second-order valence-corrected chi connectivity index (χ2v) is 4.05. The van der Waals surface area contributed by atoms with Gasteiger partial charge in [-0.3, -0.25) is 5.32 Å². The van der Waals surface area contributed by atoms with Gasteiger partial charge in [-0.25, -0.2) is 4.39 Å². The van der Waals surface area contributed by atoms with Crippen molar-refractivity contribution in [3.05, 3.63) is 34.6 Å². The first-order valence-corrected chi connectivity index (χ1v) is 5.53. The van der Waals surface area contributed by atoms with Crippen LogP contribution in [0.4, 0.5) is 4.39 Å². The minimum atomic E-state index is -0.118. The summed E-state index contributed by atoms with van der Waals surface area (Å²) in [7, 11) is 0. The van der Waals surface area contributed by atoms with Crippen molar-refractivity contribution < 1.29 is 4.39 Å². The zero-order chi connectivity index (χ0) is 12.1. The van der Waals surface area contributed by atoms with Crippen molar-refractivity contribution in [1.29, 1.82) is 0 Å². The summed E-state index contributed by atoms with van der Waals surface area (Å²) in [6.45, 7) is 6.29. The molecule has 0 bridgehead atoms. The van der Waals surface area contributed by atoms with Gasteiger partial charge in [0, 0.05) is 6.54 Å². The molecule has 1 aromatic rings. The van der Waals surface area contributed by atoms with Gasteiger partial charge in [-0.05, 0) is 37.0 Å². The van der Waals surface area contributed by atoms with E-state index in [1.54, 1.807) is 13.8 Å². The van der Waals surface area contributed by atoms with Gasteiger partial charge in [0.15, 0.2) is 0 Å². The van der Waals surface area contributed by atoms with Gasteiger partial charge in [-0.15, -0.1) is 6.42 Å². The fourth-order valence-electron chi connectivity index (χ4n) is 1.70. The molecule has 0 amide bonds. The average molecular weight is 219 g/mol. The third-order valence-corrected chi connectivity index (χ3v) is 2.66. The van der Waals surface area contributed by atoms with Crippen molar-refractivity contribution in [2.45, 2.75) is 39.8 Å². The summed E-state index contributed by atoms with van der Waals surface area (Å²) in [5.74, 6) is 2.56. The number of benzene rings is 1. The minimum absolute atomic E-state index is 0.0886. The summed E-state index contributed by atoms with van der Waals surface area (Å²) in [6.07, 6.45) is 6.26. The highest BCUT2D eigenvalue weighted by Crippen LogP contribution is 2.14. The lowest BCUT2D eigenvalue weighted by Crippen LogP contribution is -2.26. The van der Waals surface area contributed by atoms with Crippen LogP contribution in [-0.2, 0) is 6.54 Å². The Morgan fingerprint density at radius 2 is 1.94 bits per heavy atom. The van der Waals surface area contributed by atoms with Gasteiger partial charge in [0.2, 0.25) is 0 Å². The zero-order valence-corrected chi connectivity index (χ0v) is 10.1. The smallest absolute Gasteiger partial charge is 0.129 e. The fourth-order valence-corrected chi connectivity index (χ4v) is 1.70. The maximum atomic E-state index is 13.4. The van der Waals surface area contributed by atoms with Crippen LogP contribution in [-0.4, -0.2) is 6.04 Å². The number of nitrogens with one attached hydrogen (secondary N) is 1. The predicted molar refractivity (Wildman–Crippen MR) is 65.6 cm³/mol. The highest BCUT2D eigenvalue weighted by Gasteiger charge is 2.05. The highest BCUT2D eigenvalue weighted by molar-refractivity contribution is 5.30. The zero-order valence-electron chi connectivity index (χ0n) is 10.1. The quantitative estimate of drug-likeness (QED) is 0.768. The fraction of sp³-hybridized carbons (Fsp3) is 0.429. The van der Waals surface area contributed by atoms with Gasteiger partial charge < -0.3 is 0 Å². The molecule has 0 saturated heterocycles. The molecule has 1 unspecified atom stereocenters. The van der Waals surface area contributed by atoms with Gasteiger partial charge in [0.25, 0.3) is 0 Å². The molecule has 0 aliphatic carbocycles. The molecule has 0 radical (unpaired) electrons. The molecule has 0 saturated carbocycles. The van der Waals surface area contributed by atoms with E-state index >= 15 is 0 Å². The average Bonchev–Trinajstić information content (AvgIpc) is 2.27. The van der Waals surface area contributed by atoms with E-state index in [0.29, 0.717) is 17.7 Å². The Morgan fingerprint density at radius 1 is 1.38 bits per heavy atom. The molecule has 0 aliphatic rings. The second-order valence-electron chi connectivity index (χ2n) is 4.05. The lowest BCUT2D eigenvalue weighted by atomic mass is 10.1. The van der Waals surface area contributed by atoms with E-state index in [9.17, 15) is 4.39 Å². The number of halogens is 1. The first kappa shape index (κ1) is 12.7. The third-order valence-electron chi connectivity index (χ3n) is 2.66. The van der Waals surface area contributed by atoms with Crippen LogP contribution in [0.5, 0.6) is 0 Å². The normalized spacial score (nSPS) is 12.2. The topological polar surface area (TPSA) is 12.0 Å². The van der Waals surface area contributed by atoms with E-state index < -0.39 is 0 Å². The molecule has 2 heteroatoms. The lowest BCUT2D eigenvalue weighted by molar-refractivity contribution is 0.585. The molecule has 0 aliphatic heterocycles. The van der Waals surface area contributed by atoms with E-state index in [2.05, 4.69) is 11.2 Å². The van der Waals surface area contributed by atoms with Crippen LogP contribution in [0.15, 0.2) is 12.1 Å². The molecule has 86 valence electrons. The third kappa shape index (κ3) is 3.08. The number of aryl methyl sites for hydroxylation is 2. The lowest BCUT2D eigenvalue weighted by Gasteiger charge is -2.12. The molecule has 0 heterocycles. The molecule has 1 N–H and O–H groups in total. The minimum Gasteiger partial charge on any atom is -0.300 e. The molecule has 1 nitrogen and oxygen atoms in total. The standard InChI is InChI=1S/C14H18FN/c1-5-13(6-2)16-9-12-7-10(3)14(15)11(4)8-12/h1,7-8,13,16H,6,9H2,2-4H3. The van der Waals surface area contributed by atoms with Crippen molar-refractivity contribution in [3.63, 3.8) is 0 Å². The second kappa shape index (κ2) is 5.67.